The van der Waals surface area contributed by atoms with Crippen LogP contribution in [0.5, 0.6) is 0 Å². The summed E-state index contributed by atoms with van der Waals surface area (Å²) >= 11 is 1.49. The smallest absolute Gasteiger partial charge is 0.205 e. The number of nitrogen functional groups attached to an aromatic ring is 1. The minimum atomic E-state index is 0.728. The number of hydrogen-bond donors (Lipinski definition) is 2. The predicted molar refractivity (Wildman–Crippen MR) is 62.8 cm³/mol. The van der Waals surface area contributed by atoms with Crippen molar-refractivity contribution in [3.8, 4) is 0 Å². The van der Waals surface area contributed by atoms with Crippen LogP contribution in [0.3, 0.4) is 0 Å². The number of nitrogens with two attached hydrogens (primary N) is 1. The molecule has 3 N–H and O–H groups in total. The quantitative estimate of drug-likeness (QED) is 0.777. The van der Waals surface area contributed by atoms with Crippen LogP contribution < -0.4 is 11.1 Å². The van der Waals surface area contributed by atoms with E-state index in [1.807, 2.05) is 19.1 Å². The van der Waals surface area contributed by atoms with Crippen molar-refractivity contribution in [3.05, 3.63) is 34.8 Å². The van der Waals surface area contributed by atoms with E-state index in [2.05, 4.69) is 21.6 Å². The molecule has 15 heavy (non-hydrogen) atoms. The first-order valence-electron chi connectivity index (χ1n) is 4.61. The summed E-state index contributed by atoms with van der Waals surface area (Å²) in [4.78, 5) is 0. The fraction of sp³-hybridized carbons (Fsp3) is 0.200. The van der Waals surface area contributed by atoms with Crippen molar-refractivity contribution in [2.24, 2.45) is 0 Å². The third kappa shape index (κ3) is 2.24. The Morgan fingerprint density at radius 3 is 3.07 bits per heavy atom. The molecule has 0 aliphatic rings. The van der Waals surface area contributed by atoms with Gasteiger partial charge < -0.3 is 11.1 Å². The molecule has 2 rings (SSSR count). The lowest BCUT2D eigenvalue weighted by Crippen LogP contribution is -2.02. The molecular formula is C10H12N4S. The van der Waals surface area contributed by atoms with E-state index in [1.54, 1.807) is 5.51 Å². The van der Waals surface area contributed by atoms with Crippen molar-refractivity contribution < 1.29 is 0 Å². The van der Waals surface area contributed by atoms with E-state index in [9.17, 15) is 0 Å². The van der Waals surface area contributed by atoms with Crippen LogP contribution in [0, 0.1) is 6.92 Å². The number of aromatic nitrogens is 2. The Kier molecular flexibility index (Phi) is 2.82. The topological polar surface area (TPSA) is 63.8 Å². The van der Waals surface area contributed by atoms with Crippen LogP contribution >= 0.6 is 11.3 Å². The molecule has 0 saturated carbocycles. The van der Waals surface area contributed by atoms with Gasteiger partial charge in [-0.3, -0.25) is 0 Å². The zero-order valence-corrected chi connectivity index (χ0v) is 9.21. The lowest BCUT2D eigenvalue weighted by Gasteiger charge is -2.08. The number of benzene rings is 1. The third-order valence-corrected chi connectivity index (χ3v) is 2.93. The average Bonchev–Trinajstić information content (AvgIpc) is 2.73. The highest BCUT2D eigenvalue weighted by atomic mass is 32.1. The van der Waals surface area contributed by atoms with E-state index in [-0.39, 0.29) is 0 Å². The third-order valence-electron chi connectivity index (χ3n) is 2.28. The van der Waals surface area contributed by atoms with Crippen molar-refractivity contribution in [1.29, 1.82) is 0 Å². The molecule has 0 aliphatic carbocycles. The largest absolute Gasteiger partial charge is 0.399 e. The molecule has 78 valence electrons. The Morgan fingerprint density at radius 1 is 1.47 bits per heavy atom. The summed E-state index contributed by atoms with van der Waals surface area (Å²) in [5, 5.41) is 11.7. The minimum Gasteiger partial charge on any atom is -0.399 e. The van der Waals surface area contributed by atoms with Gasteiger partial charge in [0.25, 0.3) is 0 Å². The molecule has 0 atom stereocenters. The molecule has 1 aromatic heterocycles. The molecule has 5 heteroatoms. The summed E-state index contributed by atoms with van der Waals surface area (Å²) in [6.45, 7) is 2.75. The number of nitrogens with zero attached hydrogens (tertiary/aromatic N) is 2. The van der Waals surface area contributed by atoms with Gasteiger partial charge >= 0.3 is 0 Å². The molecule has 0 aliphatic heterocycles. The summed E-state index contributed by atoms with van der Waals surface area (Å²) in [5.74, 6) is 0. The van der Waals surface area contributed by atoms with Crippen LogP contribution in [0.15, 0.2) is 23.7 Å². The van der Waals surface area contributed by atoms with Crippen molar-refractivity contribution in [2.75, 3.05) is 11.1 Å². The molecule has 0 radical (unpaired) electrons. The summed E-state index contributed by atoms with van der Waals surface area (Å²) in [6.07, 6.45) is 0. The highest BCUT2D eigenvalue weighted by Gasteiger charge is 2.01. The van der Waals surface area contributed by atoms with Crippen LogP contribution in [0.25, 0.3) is 0 Å². The van der Waals surface area contributed by atoms with E-state index >= 15 is 0 Å². The second kappa shape index (κ2) is 4.27. The molecule has 0 spiro atoms. The average molecular weight is 220 g/mol. The molecule has 4 nitrogen and oxygen atoms in total. The van der Waals surface area contributed by atoms with Crippen molar-refractivity contribution in [3.63, 3.8) is 0 Å². The molecule has 0 bridgehead atoms. The van der Waals surface area contributed by atoms with E-state index in [0.29, 0.717) is 0 Å². The van der Waals surface area contributed by atoms with Crippen LogP contribution in [0.4, 0.5) is 10.8 Å². The molecule has 0 amide bonds. The lowest BCUT2D eigenvalue weighted by molar-refractivity contribution is 1.04. The second-order valence-electron chi connectivity index (χ2n) is 3.23. The van der Waals surface area contributed by atoms with Gasteiger partial charge in [0.05, 0.1) is 0 Å². The lowest BCUT2D eigenvalue weighted by atomic mass is 10.1. The van der Waals surface area contributed by atoms with Crippen LogP contribution in [0.2, 0.25) is 0 Å². The molecule has 2 aromatic rings. The molecule has 0 fully saturated rings. The maximum atomic E-state index is 5.82. The zero-order valence-electron chi connectivity index (χ0n) is 8.40. The van der Waals surface area contributed by atoms with E-state index in [0.717, 1.165) is 22.9 Å². The Morgan fingerprint density at radius 2 is 2.33 bits per heavy atom. The van der Waals surface area contributed by atoms with Gasteiger partial charge in [-0.2, -0.15) is 0 Å². The SMILES string of the molecule is Cc1c(N)cccc1CNc1nncs1. The van der Waals surface area contributed by atoms with Gasteiger partial charge in [-0.15, -0.1) is 10.2 Å². The molecule has 1 aromatic carbocycles. The Labute approximate surface area is 92.2 Å². The van der Waals surface area contributed by atoms with Gasteiger partial charge in [-0.25, -0.2) is 0 Å². The van der Waals surface area contributed by atoms with E-state index in [4.69, 9.17) is 5.73 Å². The molecule has 0 unspecified atom stereocenters. The van der Waals surface area contributed by atoms with Gasteiger partial charge in [-0.05, 0) is 24.1 Å². The van der Waals surface area contributed by atoms with Gasteiger partial charge in [0.1, 0.15) is 5.51 Å². The van der Waals surface area contributed by atoms with Gasteiger partial charge in [0.2, 0.25) is 5.13 Å². The Balaban J connectivity index is 2.08. The maximum absolute atomic E-state index is 5.82. The van der Waals surface area contributed by atoms with Crippen molar-refractivity contribution in [2.45, 2.75) is 13.5 Å². The summed E-state index contributed by atoms with van der Waals surface area (Å²) < 4.78 is 0. The number of rotatable bonds is 3. The molecular weight excluding hydrogens is 208 g/mol. The van der Waals surface area contributed by atoms with Gasteiger partial charge in [-0.1, -0.05) is 23.5 Å². The van der Waals surface area contributed by atoms with Crippen molar-refractivity contribution >= 4 is 22.2 Å². The normalized spacial score (nSPS) is 10.2. The standard InChI is InChI=1S/C10H12N4S/c1-7-8(3-2-4-9(7)11)5-12-10-14-13-6-15-10/h2-4,6H,5,11H2,1H3,(H,12,14). The van der Waals surface area contributed by atoms with Crippen LogP contribution in [-0.4, -0.2) is 10.2 Å². The summed E-state index contributed by atoms with van der Waals surface area (Å²) in [6, 6.07) is 5.92. The fourth-order valence-electron chi connectivity index (χ4n) is 1.32. The first-order chi connectivity index (χ1) is 7.27. The highest BCUT2D eigenvalue weighted by molar-refractivity contribution is 7.13. The number of anilines is 2. The summed E-state index contributed by atoms with van der Waals surface area (Å²) in [5.41, 5.74) is 10.7. The highest BCUT2D eigenvalue weighted by Crippen LogP contribution is 2.17. The summed E-state index contributed by atoms with van der Waals surface area (Å²) in [7, 11) is 0. The second-order valence-corrected chi connectivity index (χ2v) is 4.06. The molecule has 1 heterocycles. The maximum Gasteiger partial charge on any atom is 0.205 e. The Bertz CT molecular complexity index is 439. The monoisotopic (exact) mass is 220 g/mol. The van der Waals surface area contributed by atoms with Crippen LogP contribution in [0.1, 0.15) is 11.1 Å². The van der Waals surface area contributed by atoms with Crippen molar-refractivity contribution in [1.82, 2.24) is 10.2 Å². The molecule has 0 saturated heterocycles. The zero-order chi connectivity index (χ0) is 10.7. The number of hydrogen-bond acceptors (Lipinski definition) is 5. The minimum absolute atomic E-state index is 0.728. The van der Waals surface area contributed by atoms with E-state index < -0.39 is 0 Å². The fourth-order valence-corrected chi connectivity index (χ4v) is 1.76. The first-order valence-corrected chi connectivity index (χ1v) is 5.49. The van der Waals surface area contributed by atoms with Crippen LogP contribution in [-0.2, 0) is 6.54 Å². The number of nitrogens with one attached hydrogen (secondary N) is 1. The van der Waals surface area contributed by atoms with E-state index in [1.165, 1.54) is 16.9 Å². The van der Waals surface area contributed by atoms with Gasteiger partial charge in [0.15, 0.2) is 0 Å². The van der Waals surface area contributed by atoms with Gasteiger partial charge in [0, 0.05) is 12.2 Å². The Hall–Kier alpha value is -1.62. The predicted octanol–water partition coefficient (Wildman–Crippen LogP) is 2.04. The first kappa shape index (κ1) is 9.92.